The normalized spacial score (nSPS) is 19.5. The zero-order valence-corrected chi connectivity index (χ0v) is 23.3. The number of hydrogen-bond acceptors (Lipinski definition) is 4. The van der Waals surface area contributed by atoms with Crippen LogP contribution in [0.3, 0.4) is 0 Å². The predicted octanol–water partition coefficient (Wildman–Crippen LogP) is 5.40. The van der Waals surface area contributed by atoms with Gasteiger partial charge in [0.05, 0.1) is 12.8 Å². The fourth-order valence-corrected chi connectivity index (χ4v) is 5.81. The number of halogens is 2. The molecule has 1 saturated heterocycles. The van der Waals surface area contributed by atoms with E-state index in [0.29, 0.717) is 6.54 Å². The van der Waals surface area contributed by atoms with E-state index in [2.05, 4.69) is 77.4 Å². The van der Waals surface area contributed by atoms with Gasteiger partial charge in [0.1, 0.15) is 11.2 Å². The Morgan fingerprint density at radius 1 is 0.838 bits per heavy atom. The van der Waals surface area contributed by atoms with Crippen LogP contribution >= 0.6 is 24.8 Å². The minimum Gasteiger partial charge on any atom is -0.495 e. The van der Waals surface area contributed by atoms with Crippen molar-refractivity contribution in [2.75, 3.05) is 51.3 Å². The number of amides is 1. The van der Waals surface area contributed by atoms with Crippen molar-refractivity contribution in [3.05, 3.63) is 95.6 Å². The first-order valence-corrected chi connectivity index (χ1v) is 12.7. The van der Waals surface area contributed by atoms with E-state index in [-0.39, 0.29) is 30.7 Å². The van der Waals surface area contributed by atoms with Crippen molar-refractivity contribution in [3.8, 4) is 5.75 Å². The summed E-state index contributed by atoms with van der Waals surface area (Å²) in [6, 6.07) is 27.2. The van der Waals surface area contributed by atoms with Crippen LogP contribution in [0.5, 0.6) is 5.75 Å². The van der Waals surface area contributed by atoms with Crippen molar-refractivity contribution in [1.29, 1.82) is 0 Å². The van der Waals surface area contributed by atoms with Gasteiger partial charge in [0.2, 0.25) is 5.91 Å². The predicted molar refractivity (Wildman–Crippen MR) is 156 cm³/mol. The molecule has 37 heavy (non-hydrogen) atoms. The molecule has 0 aromatic heterocycles. The molecule has 1 fully saturated rings. The van der Waals surface area contributed by atoms with E-state index < -0.39 is 5.41 Å². The van der Waals surface area contributed by atoms with Crippen LogP contribution in [0.25, 0.3) is 0 Å². The summed E-state index contributed by atoms with van der Waals surface area (Å²) in [6.45, 7) is 8.21. The zero-order valence-electron chi connectivity index (χ0n) is 21.6. The van der Waals surface area contributed by atoms with Gasteiger partial charge in [0, 0.05) is 39.3 Å². The van der Waals surface area contributed by atoms with Gasteiger partial charge in [-0.1, -0.05) is 66.7 Å². The summed E-state index contributed by atoms with van der Waals surface area (Å²) in [5.41, 5.74) is 4.05. The third kappa shape index (κ3) is 5.45. The number of methoxy groups -OCH3 is 1. The van der Waals surface area contributed by atoms with E-state index in [1.807, 2.05) is 23.1 Å². The molecule has 0 saturated carbocycles. The lowest BCUT2D eigenvalue weighted by atomic mass is 9.67. The second kappa shape index (κ2) is 12.7. The van der Waals surface area contributed by atoms with Gasteiger partial charge in [0.15, 0.2) is 0 Å². The summed E-state index contributed by atoms with van der Waals surface area (Å²) < 4.78 is 5.58. The third-order valence-corrected chi connectivity index (χ3v) is 7.74. The van der Waals surface area contributed by atoms with Crippen molar-refractivity contribution in [1.82, 2.24) is 9.80 Å². The second-order valence-corrected chi connectivity index (χ2v) is 9.50. The number of ether oxygens (including phenoxy) is 1. The standard InChI is InChI=1S/C30H35N3O2.2ClH/c1-3-32-23-24-11-7-8-14-26(24)30(29(32)34,25-12-5-4-6-13-25)17-18-31-19-21-33(22-20-31)27-15-9-10-16-28(27)35-2;;/h4-16H,3,17-23H2,1-2H3;2*1H. The molecule has 5 nitrogen and oxygen atoms in total. The summed E-state index contributed by atoms with van der Waals surface area (Å²) in [6.07, 6.45) is 0.776. The molecule has 3 aromatic carbocycles. The van der Waals surface area contributed by atoms with Crippen LogP contribution in [0.2, 0.25) is 0 Å². The van der Waals surface area contributed by atoms with Gasteiger partial charge in [-0.15, -0.1) is 24.8 Å². The fraction of sp³-hybridized carbons (Fsp3) is 0.367. The molecule has 0 aliphatic carbocycles. The number of benzene rings is 3. The molecule has 5 rings (SSSR count). The first-order valence-electron chi connectivity index (χ1n) is 12.7. The minimum atomic E-state index is -0.647. The van der Waals surface area contributed by atoms with E-state index in [1.165, 1.54) is 11.1 Å². The largest absolute Gasteiger partial charge is 0.495 e. The average molecular weight is 543 g/mol. The van der Waals surface area contributed by atoms with E-state index in [0.717, 1.165) is 62.7 Å². The monoisotopic (exact) mass is 541 g/mol. The Hall–Kier alpha value is -2.73. The number of nitrogens with zero attached hydrogens (tertiary/aromatic N) is 3. The van der Waals surface area contributed by atoms with Crippen LogP contribution in [0.4, 0.5) is 5.69 Å². The van der Waals surface area contributed by atoms with Crippen LogP contribution in [-0.4, -0.2) is 62.1 Å². The zero-order chi connectivity index (χ0) is 24.3. The molecule has 0 bridgehead atoms. The first kappa shape index (κ1) is 28.8. The van der Waals surface area contributed by atoms with Gasteiger partial charge in [0.25, 0.3) is 0 Å². The number of hydrogen-bond donors (Lipinski definition) is 0. The lowest BCUT2D eigenvalue weighted by Gasteiger charge is -2.45. The van der Waals surface area contributed by atoms with Crippen molar-refractivity contribution in [2.45, 2.75) is 25.3 Å². The molecule has 2 aliphatic rings. The van der Waals surface area contributed by atoms with E-state index >= 15 is 0 Å². The number of rotatable bonds is 7. The Morgan fingerprint density at radius 3 is 2.19 bits per heavy atom. The van der Waals surface area contributed by atoms with Crippen molar-refractivity contribution in [3.63, 3.8) is 0 Å². The van der Waals surface area contributed by atoms with Crippen LogP contribution in [0.15, 0.2) is 78.9 Å². The van der Waals surface area contributed by atoms with Crippen molar-refractivity contribution in [2.24, 2.45) is 0 Å². The molecule has 1 unspecified atom stereocenters. The molecule has 7 heteroatoms. The number of piperazine rings is 1. The van der Waals surface area contributed by atoms with Crippen LogP contribution < -0.4 is 9.64 Å². The summed E-state index contributed by atoms with van der Waals surface area (Å²) in [7, 11) is 1.73. The number of para-hydroxylation sites is 2. The topological polar surface area (TPSA) is 36.0 Å². The number of carbonyl (C=O) groups is 1. The van der Waals surface area contributed by atoms with Gasteiger partial charge in [-0.25, -0.2) is 0 Å². The van der Waals surface area contributed by atoms with Crippen LogP contribution in [-0.2, 0) is 16.8 Å². The lowest BCUT2D eigenvalue weighted by molar-refractivity contribution is -0.138. The highest BCUT2D eigenvalue weighted by molar-refractivity contribution is 5.94. The number of anilines is 1. The molecule has 0 N–H and O–H groups in total. The minimum absolute atomic E-state index is 0. The first-order chi connectivity index (χ1) is 17.2. The highest BCUT2D eigenvalue weighted by atomic mass is 35.5. The molecule has 0 spiro atoms. The Morgan fingerprint density at radius 2 is 1.49 bits per heavy atom. The van der Waals surface area contributed by atoms with Gasteiger partial charge in [-0.3, -0.25) is 9.69 Å². The molecule has 1 atom stereocenters. The Bertz CT molecular complexity index is 1170. The molecule has 2 aliphatic heterocycles. The molecular weight excluding hydrogens is 505 g/mol. The maximum atomic E-state index is 14.1. The number of likely N-dealkylation sites (N-methyl/N-ethyl adjacent to an activating group) is 1. The molecule has 0 radical (unpaired) electrons. The Kier molecular flexibility index (Phi) is 9.88. The highest BCUT2D eigenvalue weighted by Gasteiger charge is 2.48. The third-order valence-electron chi connectivity index (χ3n) is 7.74. The number of carbonyl (C=O) groups excluding carboxylic acids is 1. The average Bonchev–Trinajstić information content (AvgIpc) is 2.93. The lowest BCUT2D eigenvalue weighted by Crippen LogP contribution is -2.54. The number of fused-ring (bicyclic) bond motifs is 1. The van der Waals surface area contributed by atoms with E-state index in [1.54, 1.807) is 7.11 Å². The van der Waals surface area contributed by atoms with Gasteiger partial charge in [-0.05, 0) is 48.7 Å². The Balaban J connectivity index is 0.00000190. The van der Waals surface area contributed by atoms with Crippen molar-refractivity contribution >= 4 is 36.4 Å². The van der Waals surface area contributed by atoms with Crippen molar-refractivity contribution < 1.29 is 9.53 Å². The highest BCUT2D eigenvalue weighted by Crippen LogP contribution is 2.43. The summed E-state index contributed by atoms with van der Waals surface area (Å²) in [4.78, 5) is 21.0. The molecule has 2 heterocycles. The quantitative estimate of drug-likeness (QED) is 0.401. The molecule has 198 valence electrons. The van der Waals surface area contributed by atoms with Crippen LogP contribution in [0, 0.1) is 0 Å². The van der Waals surface area contributed by atoms with E-state index in [9.17, 15) is 4.79 Å². The molecular formula is C30H37Cl2N3O2. The van der Waals surface area contributed by atoms with Gasteiger partial charge in [-0.2, -0.15) is 0 Å². The maximum Gasteiger partial charge on any atom is 0.238 e. The SMILES string of the molecule is CCN1Cc2ccccc2C(CCN2CCN(c3ccccc3OC)CC2)(c2ccccc2)C1=O.Cl.Cl. The summed E-state index contributed by atoms with van der Waals surface area (Å²) in [5.74, 6) is 1.16. The maximum absolute atomic E-state index is 14.1. The van der Waals surface area contributed by atoms with Crippen LogP contribution in [0.1, 0.15) is 30.0 Å². The summed E-state index contributed by atoms with van der Waals surface area (Å²) in [5, 5.41) is 0. The van der Waals surface area contributed by atoms with Gasteiger partial charge >= 0.3 is 0 Å². The fourth-order valence-electron chi connectivity index (χ4n) is 5.81. The molecule has 3 aromatic rings. The summed E-state index contributed by atoms with van der Waals surface area (Å²) >= 11 is 0. The Labute approximate surface area is 233 Å². The van der Waals surface area contributed by atoms with Gasteiger partial charge < -0.3 is 14.5 Å². The smallest absolute Gasteiger partial charge is 0.238 e. The molecule has 1 amide bonds. The second-order valence-electron chi connectivity index (χ2n) is 9.50. The van der Waals surface area contributed by atoms with E-state index in [4.69, 9.17) is 4.74 Å².